The molecule has 0 aromatic rings. The third-order valence-electron chi connectivity index (χ3n) is 2.07. The van der Waals surface area contributed by atoms with Gasteiger partial charge in [0, 0.05) is 25.0 Å². The molecule has 0 aliphatic rings. The van der Waals surface area contributed by atoms with Crippen LogP contribution in [-0.4, -0.2) is 38.6 Å². The van der Waals surface area contributed by atoms with E-state index in [1.165, 1.54) is 0 Å². The topological polar surface area (TPSA) is 66.4 Å². The minimum absolute atomic E-state index is 0.00213. The summed E-state index contributed by atoms with van der Waals surface area (Å²) in [7, 11) is -3.71. The summed E-state index contributed by atoms with van der Waals surface area (Å²) < 4.78 is 60.3. The molecule has 4 nitrogen and oxygen atoms in total. The summed E-state index contributed by atoms with van der Waals surface area (Å²) in [5, 5.41) is 8.89. The van der Waals surface area contributed by atoms with Gasteiger partial charge in [0.15, 0.2) is 0 Å². The third kappa shape index (κ3) is 9.37. The van der Waals surface area contributed by atoms with E-state index in [0.717, 1.165) is 0 Å². The molecule has 0 aliphatic carbocycles. The molecule has 8 heteroatoms. The summed E-state index contributed by atoms with van der Waals surface area (Å²) in [6, 6.07) is 0. The number of aliphatic hydroxyl groups excluding tert-OH is 1. The highest BCUT2D eigenvalue weighted by atomic mass is 32.2. The van der Waals surface area contributed by atoms with E-state index in [4.69, 9.17) is 5.11 Å². The van der Waals surface area contributed by atoms with Gasteiger partial charge in [0.25, 0.3) is 0 Å². The van der Waals surface area contributed by atoms with Crippen LogP contribution in [0.1, 0.15) is 26.7 Å². The van der Waals surface area contributed by atoms with Gasteiger partial charge in [0.1, 0.15) is 0 Å². The van der Waals surface area contributed by atoms with Crippen molar-refractivity contribution in [2.24, 2.45) is 5.41 Å². The first-order valence-corrected chi connectivity index (χ1v) is 6.78. The zero-order chi connectivity index (χ0) is 13.7. The van der Waals surface area contributed by atoms with E-state index in [2.05, 4.69) is 4.72 Å². The number of hydrogen-bond donors (Lipinski definition) is 2. The van der Waals surface area contributed by atoms with Crippen molar-refractivity contribution in [3.05, 3.63) is 0 Å². The molecule has 0 spiro atoms. The maximum Gasteiger partial charge on any atom is 0.389 e. The first-order valence-electron chi connectivity index (χ1n) is 5.12. The molecule has 0 rings (SSSR count). The van der Waals surface area contributed by atoms with Gasteiger partial charge in [-0.15, -0.1) is 0 Å². The Morgan fingerprint density at radius 2 is 1.76 bits per heavy atom. The molecule has 0 aliphatic heterocycles. The molecule has 104 valence electrons. The molecule has 0 aromatic carbocycles. The highest BCUT2D eigenvalue weighted by Gasteiger charge is 2.28. The van der Waals surface area contributed by atoms with Crippen LogP contribution in [0.4, 0.5) is 13.2 Å². The maximum atomic E-state index is 11.8. The first kappa shape index (κ1) is 16.7. The molecular weight excluding hydrogens is 259 g/mol. The Bertz CT molecular complexity index is 325. The van der Waals surface area contributed by atoms with Gasteiger partial charge in [-0.2, -0.15) is 13.2 Å². The van der Waals surface area contributed by atoms with Gasteiger partial charge >= 0.3 is 6.18 Å². The van der Waals surface area contributed by atoms with Gasteiger partial charge in [0.05, 0.1) is 5.75 Å². The lowest BCUT2D eigenvalue weighted by Crippen LogP contribution is -2.37. The van der Waals surface area contributed by atoms with Crippen LogP contribution in [0.2, 0.25) is 0 Å². The number of aliphatic hydroxyl groups is 1. The smallest absolute Gasteiger partial charge is 0.389 e. The Balaban J connectivity index is 4.06. The van der Waals surface area contributed by atoms with Crippen LogP contribution in [0.3, 0.4) is 0 Å². The van der Waals surface area contributed by atoms with Crippen LogP contribution >= 0.6 is 0 Å². The second-order valence-corrected chi connectivity index (χ2v) is 6.61. The summed E-state index contributed by atoms with van der Waals surface area (Å²) in [6.07, 6.45) is -5.91. The van der Waals surface area contributed by atoms with E-state index < -0.39 is 40.2 Å². The molecule has 0 fully saturated rings. The van der Waals surface area contributed by atoms with E-state index in [0.29, 0.717) is 0 Å². The fraction of sp³-hybridized carbons (Fsp3) is 1.00. The molecule has 2 N–H and O–H groups in total. The second-order valence-electron chi connectivity index (χ2n) is 4.68. The molecule has 17 heavy (non-hydrogen) atoms. The zero-order valence-corrected chi connectivity index (χ0v) is 10.7. The summed E-state index contributed by atoms with van der Waals surface area (Å²) in [5.41, 5.74) is -0.628. The first-order chi connectivity index (χ1) is 7.47. The van der Waals surface area contributed by atoms with Crippen molar-refractivity contribution in [2.75, 3.05) is 18.9 Å². The normalized spacial score (nSPS) is 14.0. The maximum absolute atomic E-state index is 11.8. The van der Waals surface area contributed by atoms with E-state index in [9.17, 15) is 21.6 Å². The molecule has 0 heterocycles. The van der Waals surface area contributed by atoms with Gasteiger partial charge in [-0.1, -0.05) is 13.8 Å². The fourth-order valence-electron chi connectivity index (χ4n) is 0.896. The minimum atomic E-state index is -4.33. The van der Waals surface area contributed by atoms with Crippen molar-refractivity contribution in [3.8, 4) is 0 Å². The van der Waals surface area contributed by atoms with Crippen molar-refractivity contribution in [3.63, 3.8) is 0 Å². The Hall–Kier alpha value is -0.340. The van der Waals surface area contributed by atoms with Crippen LogP contribution in [-0.2, 0) is 10.0 Å². The molecule has 0 radical (unpaired) electrons. The van der Waals surface area contributed by atoms with Crippen molar-refractivity contribution < 1.29 is 26.7 Å². The minimum Gasteiger partial charge on any atom is -0.396 e. The summed E-state index contributed by atoms with van der Waals surface area (Å²) in [4.78, 5) is 0. The lowest BCUT2D eigenvalue weighted by molar-refractivity contribution is -0.134. The zero-order valence-electron chi connectivity index (χ0n) is 9.84. The Kier molecular flexibility index (Phi) is 5.89. The fourth-order valence-corrected chi connectivity index (χ4v) is 2.18. The van der Waals surface area contributed by atoms with Crippen LogP contribution in [0.5, 0.6) is 0 Å². The lowest BCUT2D eigenvalue weighted by Gasteiger charge is -2.21. The Morgan fingerprint density at radius 3 is 2.18 bits per heavy atom. The summed E-state index contributed by atoms with van der Waals surface area (Å²) in [5.74, 6) is -0.561. The van der Waals surface area contributed by atoms with Crippen LogP contribution < -0.4 is 4.72 Å². The van der Waals surface area contributed by atoms with Crippen LogP contribution in [0.15, 0.2) is 0 Å². The molecule has 0 aromatic heterocycles. The van der Waals surface area contributed by atoms with E-state index in [-0.39, 0.29) is 13.2 Å². The Labute approximate surface area is 99.3 Å². The highest BCUT2D eigenvalue weighted by Crippen LogP contribution is 2.21. The predicted octanol–water partition coefficient (Wildman–Crippen LogP) is 1.27. The quantitative estimate of drug-likeness (QED) is 0.736. The Morgan fingerprint density at radius 1 is 1.24 bits per heavy atom. The molecule has 0 bridgehead atoms. The number of hydrogen-bond acceptors (Lipinski definition) is 3. The van der Waals surface area contributed by atoms with Gasteiger partial charge in [-0.3, -0.25) is 0 Å². The van der Waals surface area contributed by atoms with Gasteiger partial charge < -0.3 is 5.11 Å². The predicted molar refractivity (Wildman–Crippen MR) is 57.9 cm³/mol. The number of nitrogens with one attached hydrogen (secondary N) is 1. The lowest BCUT2D eigenvalue weighted by atomic mass is 9.96. The third-order valence-corrected chi connectivity index (χ3v) is 3.48. The van der Waals surface area contributed by atoms with E-state index in [1.807, 2.05) is 0 Å². The molecule has 0 unspecified atom stereocenters. The van der Waals surface area contributed by atoms with E-state index >= 15 is 0 Å². The summed E-state index contributed by atoms with van der Waals surface area (Å²) >= 11 is 0. The van der Waals surface area contributed by atoms with Crippen molar-refractivity contribution >= 4 is 10.0 Å². The SMILES string of the molecule is CC(C)(CO)CNS(=O)(=O)CCCC(F)(F)F. The molecular formula is C9H18F3NO3S. The van der Waals surface area contributed by atoms with Gasteiger partial charge in [0.2, 0.25) is 10.0 Å². The van der Waals surface area contributed by atoms with Gasteiger partial charge in [-0.05, 0) is 6.42 Å². The molecule has 0 amide bonds. The molecule has 0 saturated heterocycles. The highest BCUT2D eigenvalue weighted by molar-refractivity contribution is 7.89. The van der Waals surface area contributed by atoms with Crippen molar-refractivity contribution in [1.82, 2.24) is 4.72 Å². The standard InChI is InChI=1S/C9H18F3NO3S/c1-8(2,7-14)6-13-17(15,16)5-3-4-9(10,11)12/h13-14H,3-7H2,1-2H3. The average molecular weight is 277 g/mol. The van der Waals surface area contributed by atoms with Crippen molar-refractivity contribution in [1.29, 1.82) is 0 Å². The monoisotopic (exact) mass is 277 g/mol. The van der Waals surface area contributed by atoms with Crippen LogP contribution in [0.25, 0.3) is 0 Å². The number of halogens is 3. The molecule has 0 saturated carbocycles. The molecule has 0 atom stereocenters. The number of rotatable bonds is 7. The van der Waals surface area contributed by atoms with Crippen LogP contribution in [0, 0.1) is 5.41 Å². The number of alkyl halides is 3. The average Bonchev–Trinajstić information content (AvgIpc) is 2.13. The van der Waals surface area contributed by atoms with Gasteiger partial charge in [-0.25, -0.2) is 13.1 Å². The number of sulfonamides is 1. The van der Waals surface area contributed by atoms with E-state index in [1.54, 1.807) is 13.8 Å². The second kappa shape index (κ2) is 6.01. The summed E-state index contributed by atoms with van der Waals surface area (Å²) in [6.45, 7) is 3.08. The van der Waals surface area contributed by atoms with Crippen molar-refractivity contribution in [2.45, 2.75) is 32.9 Å². The largest absolute Gasteiger partial charge is 0.396 e.